The molecule has 1 aliphatic rings. The molecule has 0 aromatic heterocycles. The third kappa shape index (κ3) is 3.92. The summed E-state index contributed by atoms with van der Waals surface area (Å²) in [6.07, 6.45) is -0.561. The Morgan fingerprint density at radius 1 is 1.29 bits per heavy atom. The van der Waals surface area contributed by atoms with Gasteiger partial charge in [0, 0.05) is 0 Å². The molecule has 1 aromatic carbocycles. The highest BCUT2D eigenvalue weighted by atomic mass is 16.6. The van der Waals surface area contributed by atoms with E-state index in [0.29, 0.717) is 6.54 Å². The number of rotatable bonds is 6. The summed E-state index contributed by atoms with van der Waals surface area (Å²) in [7, 11) is 0. The first-order valence-electron chi connectivity index (χ1n) is 6.43. The van der Waals surface area contributed by atoms with Gasteiger partial charge >= 0.3 is 12.1 Å². The lowest BCUT2D eigenvalue weighted by Gasteiger charge is -2.12. The molecule has 1 aromatic rings. The number of nitrogens with zero attached hydrogens (tertiary/aromatic N) is 1. The van der Waals surface area contributed by atoms with Gasteiger partial charge in [-0.15, -0.1) is 0 Å². The van der Waals surface area contributed by atoms with Gasteiger partial charge in [-0.25, -0.2) is 9.59 Å². The second-order valence-electron chi connectivity index (χ2n) is 4.50. The monoisotopic (exact) mass is 289 g/mol. The zero-order chi connectivity index (χ0) is 15.2. The van der Waals surface area contributed by atoms with Crippen molar-refractivity contribution in [3.05, 3.63) is 48.0 Å². The van der Waals surface area contributed by atoms with Crippen LogP contribution in [-0.4, -0.2) is 42.4 Å². The highest BCUT2D eigenvalue weighted by Crippen LogP contribution is 2.08. The molecule has 2 rings (SSSR count). The fraction of sp³-hybridized carbons (Fsp3) is 0.267. The van der Waals surface area contributed by atoms with Gasteiger partial charge in [0.05, 0.1) is 18.7 Å². The van der Waals surface area contributed by atoms with Crippen LogP contribution in [0.2, 0.25) is 0 Å². The average molecular weight is 289 g/mol. The Morgan fingerprint density at radius 3 is 2.62 bits per heavy atom. The predicted octanol–water partition coefficient (Wildman–Crippen LogP) is 1.31. The molecular weight excluding hydrogens is 274 g/mol. The standard InChI is InChI=1S/C15H15NO5/c1-11(13(17)9-16-7-8-20-15(16)19)14(18)21-10-12-5-3-2-4-6-12/h2-6H,1,7-10H2. The minimum atomic E-state index is -0.781. The minimum absolute atomic E-state index is 0.0672. The lowest BCUT2D eigenvalue weighted by molar-refractivity contribution is -0.141. The quantitative estimate of drug-likeness (QED) is 0.342. The summed E-state index contributed by atoms with van der Waals surface area (Å²) in [5.41, 5.74) is 0.542. The molecular formula is C15H15NO5. The Balaban J connectivity index is 1.82. The maximum Gasteiger partial charge on any atom is 0.410 e. The molecule has 1 amide bonds. The maximum absolute atomic E-state index is 11.8. The number of hydrogen-bond acceptors (Lipinski definition) is 5. The molecule has 1 saturated heterocycles. The Kier molecular flexibility index (Phi) is 4.71. The zero-order valence-corrected chi connectivity index (χ0v) is 11.4. The number of cyclic esters (lactones) is 1. The second kappa shape index (κ2) is 6.69. The van der Waals surface area contributed by atoms with Crippen molar-refractivity contribution >= 4 is 17.8 Å². The molecule has 0 bridgehead atoms. The number of Topliss-reactive ketones (excluding diaryl/α,β-unsaturated/α-hetero) is 1. The van der Waals surface area contributed by atoms with Crippen molar-refractivity contribution in [2.75, 3.05) is 19.7 Å². The number of ketones is 1. The summed E-state index contributed by atoms with van der Waals surface area (Å²) < 4.78 is 9.71. The first-order chi connectivity index (χ1) is 10.1. The lowest BCUT2D eigenvalue weighted by atomic mass is 10.2. The smallest absolute Gasteiger partial charge is 0.410 e. The molecule has 6 nitrogen and oxygen atoms in total. The van der Waals surface area contributed by atoms with E-state index in [2.05, 4.69) is 6.58 Å². The molecule has 0 N–H and O–H groups in total. The Morgan fingerprint density at radius 2 is 2.00 bits per heavy atom. The molecule has 1 fully saturated rings. The van der Waals surface area contributed by atoms with E-state index in [0.717, 1.165) is 5.56 Å². The topological polar surface area (TPSA) is 72.9 Å². The highest BCUT2D eigenvalue weighted by Gasteiger charge is 2.27. The van der Waals surface area contributed by atoms with E-state index in [1.165, 1.54) is 4.90 Å². The van der Waals surface area contributed by atoms with Crippen LogP contribution in [0.4, 0.5) is 4.79 Å². The van der Waals surface area contributed by atoms with Crippen molar-refractivity contribution in [2.24, 2.45) is 0 Å². The van der Waals surface area contributed by atoms with E-state index in [-0.39, 0.29) is 25.3 Å². The van der Waals surface area contributed by atoms with E-state index in [9.17, 15) is 14.4 Å². The predicted molar refractivity (Wildman–Crippen MR) is 73.3 cm³/mol. The maximum atomic E-state index is 11.8. The van der Waals surface area contributed by atoms with Gasteiger partial charge in [0.2, 0.25) is 0 Å². The summed E-state index contributed by atoms with van der Waals surface area (Å²) in [5, 5.41) is 0. The normalized spacial score (nSPS) is 13.7. The molecule has 6 heteroatoms. The molecule has 0 spiro atoms. The van der Waals surface area contributed by atoms with Crippen LogP contribution < -0.4 is 0 Å². The molecule has 0 radical (unpaired) electrons. The highest BCUT2D eigenvalue weighted by molar-refractivity contribution is 6.17. The van der Waals surface area contributed by atoms with Crippen LogP contribution in [0, 0.1) is 0 Å². The molecule has 110 valence electrons. The first kappa shape index (κ1) is 14.8. The molecule has 0 unspecified atom stereocenters. The van der Waals surface area contributed by atoms with Crippen LogP contribution in [0.15, 0.2) is 42.5 Å². The van der Waals surface area contributed by atoms with Crippen molar-refractivity contribution in [1.29, 1.82) is 0 Å². The van der Waals surface area contributed by atoms with Gasteiger partial charge in [-0.3, -0.25) is 9.69 Å². The summed E-state index contributed by atoms with van der Waals surface area (Å²) in [6.45, 7) is 3.85. The fourth-order valence-corrected chi connectivity index (χ4v) is 1.76. The zero-order valence-electron chi connectivity index (χ0n) is 11.4. The van der Waals surface area contributed by atoms with Gasteiger partial charge in [-0.2, -0.15) is 0 Å². The van der Waals surface area contributed by atoms with Gasteiger partial charge < -0.3 is 9.47 Å². The average Bonchev–Trinajstić information content (AvgIpc) is 2.90. The van der Waals surface area contributed by atoms with Crippen LogP contribution in [-0.2, 0) is 25.7 Å². The second-order valence-corrected chi connectivity index (χ2v) is 4.50. The lowest BCUT2D eigenvalue weighted by Crippen LogP contribution is -2.32. The Labute approximate surface area is 121 Å². The van der Waals surface area contributed by atoms with Crippen molar-refractivity contribution in [1.82, 2.24) is 4.90 Å². The van der Waals surface area contributed by atoms with Crippen molar-refractivity contribution in [3.8, 4) is 0 Å². The van der Waals surface area contributed by atoms with Gasteiger partial charge in [-0.05, 0) is 5.56 Å². The SMILES string of the molecule is C=C(C(=O)CN1CCOC1=O)C(=O)OCc1ccccc1. The van der Waals surface area contributed by atoms with Crippen molar-refractivity contribution in [2.45, 2.75) is 6.61 Å². The number of benzene rings is 1. The van der Waals surface area contributed by atoms with Crippen LogP contribution in [0.1, 0.15) is 5.56 Å². The van der Waals surface area contributed by atoms with Crippen LogP contribution in [0.3, 0.4) is 0 Å². The Bertz CT molecular complexity index is 567. The van der Waals surface area contributed by atoms with Gasteiger partial charge in [0.15, 0.2) is 5.78 Å². The summed E-state index contributed by atoms with van der Waals surface area (Å²) in [6, 6.07) is 9.10. The largest absolute Gasteiger partial charge is 0.457 e. The number of hydrogen-bond donors (Lipinski definition) is 0. The Hall–Kier alpha value is -2.63. The van der Waals surface area contributed by atoms with Gasteiger partial charge in [0.25, 0.3) is 0 Å². The summed E-state index contributed by atoms with van der Waals surface area (Å²) in [4.78, 5) is 36.0. The first-order valence-corrected chi connectivity index (χ1v) is 6.43. The summed E-state index contributed by atoms with van der Waals surface area (Å²) in [5.74, 6) is -1.33. The number of ether oxygens (including phenoxy) is 2. The van der Waals surface area contributed by atoms with E-state index >= 15 is 0 Å². The molecule has 0 atom stereocenters. The molecule has 21 heavy (non-hydrogen) atoms. The number of carbonyl (C=O) groups excluding carboxylic acids is 3. The fourth-order valence-electron chi connectivity index (χ4n) is 1.76. The van der Waals surface area contributed by atoms with Crippen molar-refractivity contribution < 1.29 is 23.9 Å². The van der Waals surface area contributed by atoms with E-state index in [4.69, 9.17) is 9.47 Å². The van der Waals surface area contributed by atoms with Crippen LogP contribution in [0.25, 0.3) is 0 Å². The van der Waals surface area contributed by atoms with E-state index < -0.39 is 17.8 Å². The number of amides is 1. The third-order valence-electron chi connectivity index (χ3n) is 2.98. The number of esters is 1. The van der Waals surface area contributed by atoms with E-state index in [1.807, 2.05) is 18.2 Å². The molecule has 0 saturated carbocycles. The third-order valence-corrected chi connectivity index (χ3v) is 2.98. The molecule has 1 heterocycles. The van der Waals surface area contributed by atoms with Gasteiger partial charge in [-0.1, -0.05) is 36.9 Å². The molecule has 1 aliphatic heterocycles. The summed E-state index contributed by atoms with van der Waals surface area (Å²) >= 11 is 0. The van der Waals surface area contributed by atoms with E-state index in [1.54, 1.807) is 12.1 Å². The molecule has 0 aliphatic carbocycles. The number of carbonyl (C=O) groups is 3. The minimum Gasteiger partial charge on any atom is -0.457 e. The van der Waals surface area contributed by atoms with Gasteiger partial charge in [0.1, 0.15) is 13.2 Å². The van der Waals surface area contributed by atoms with Crippen LogP contribution in [0.5, 0.6) is 0 Å². The van der Waals surface area contributed by atoms with Crippen molar-refractivity contribution in [3.63, 3.8) is 0 Å². The van der Waals surface area contributed by atoms with Crippen LogP contribution >= 0.6 is 0 Å².